The molecule has 19 heavy (non-hydrogen) atoms. The minimum atomic E-state index is -3.94. The van der Waals surface area contributed by atoms with Crippen LogP contribution >= 0.6 is 0 Å². The van der Waals surface area contributed by atoms with Crippen molar-refractivity contribution in [1.29, 1.82) is 0 Å². The Hall–Kier alpha value is -1.80. The third kappa shape index (κ3) is 2.24. The zero-order chi connectivity index (χ0) is 13.6. The Balaban J connectivity index is 2.20. The van der Waals surface area contributed by atoms with E-state index in [4.69, 9.17) is 5.14 Å². The summed E-state index contributed by atoms with van der Waals surface area (Å²) < 4.78 is 37.7. The Kier molecular flexibility index (Phi) is 2.64. The molecule has 1 saturated carbocycles. The van der Waals surface area contributed by atoms with Crippen molar-refractivity contribution in [3.8, 4) is 11.4 Å². The van der Waals surface area contributed by atoms with Crippen molar-refractivity contribution in [2.24, 2.45) is 5.14 Å². The van der Waals surface area contributed by atoms with Crippen molar-refractivity contribution >= 4 is 10.0 Å². The van der Waals surface area contributed by atoms with E-state index in [2.05, 4.69) is 10.2 Å². The molecule has 1 aliphatic carbocycles. The molecule has 1 fully saturated rings. The predicted octanol–water partition coefficient (Wildman–Crippen LogP) is 1.07. The Morgan fingerprint density at radius 1 is 1.32 bits per heavy atom. The maximum absolute atomic E-state index is 13.2. The summed E-state index contributed by atoms with van der Waals surface area (Å²) >= 11 is 0. The van der Waals surface area contributed by atoms with E-state index in [0.29, 0.717) is 11.4 Å². The number of benzene rings is 1. The van der Waals surface area contributed by atoms with Crippen LogP contribution in [-0.2, 0) is 10.0 Å². The van der Waals surface area contributed by atoms with Crippen LogP contribution in [0.3, 0.4) is 0 Å². The van der Waals surface area contributed by atoms with Gasteiger partial charge in [-0.25, -0.2) is 17.9 Å². The number of halogens is 1. The van der Waals surface area contributed by atoms with Gasteiger partial charge in [0.1, 0.15) is 5.82 Å². The molecule has 0 spiro atoms. The first-order valence-electron chi connectivity index (χ1n) is 5.70. The maximum Gasteiger partial charge on any atom is 0.273 e. The largest absolute Gasteiger partial charge is 0.294 e. The normalized spacial score (nSPS) is 15.7. The van der Waals surface area contributed by atoms with Crippen LogP contribution in [-0.4, -0.2) is 23.2 Å². The molecule has 1 aromatic heterocycles. The Bertz CT molecular complexity index is 737. The van der Waals surface area contributed by atoms with E-state index in [1.54, 1.807) is 6.07 Å². The molecule has 0 bridgehead atoms. The fraction of sp³-hybridized carbons (Fsp3) is 0.273. The van der Waals surface area contributed by atoms with Gasteiger partial charge in [-0.3, -0.25) is 4.57 Å². The van der Waals surface area contributed by atoms with E-state index in [0.717, 1.165) is 12.8 Å². The van der Waals surface area contributed by atoms with Crippen molar-refractivity contribution in [2.45, 2.75) is 24.0 Å². The summed E-state index contributed by atoms with van der Waals surface area (Å²) in [4.78, 5) is 0. The first-order valence-corrected chi connectivity index (χ1v) is 7.25. The summed E-state index contributed by atoms with van der Waals surface area (Å²) in [5.74, 6) is -0.0916. The fourth-order valence-corrected chi connectivity index (χ4v) is 2.62. The molecular weight excluding hydrogens is 271 g/mol. The summed E-state index contributed by atoms with van der Waals surface area (Å²) in [6.07, 6.45) is 1.67. The first-order chi connectivity index (χ1) is 8.97. The van der Waals surface area contributed by atoms with Gasteiger partial charge in [-0.05, 0) is 25.0 Å². The smallest absolute Gasteiger partial charge is 0.273 e. The van der Waals surface area contributed by atoms with Crippen molar-refractivity contribution in [1.82, 2.24) is 14.8 Å². The minimum absolute atomic E-state index is 0.0154. The minimum Gasteiger partial charge on any atom is -0.294 e. The second-order valence-electron chi connectivity index (χ2n) is 4.46. The summed E-state index contributed by atoms with van der Waals surface area (Å²) in [6.45, 7) is 0. The number of sulfonamides is 1. The van der Waals surface area contributed by atoms with Gasteiger partial charge in [-0.1, -0.05) is 12.1 Å². The highest BCUT2D eigenvalue weighted by atomic mass is 32.2. The van der Waals surface area contributed by atoms with Crippen molar-refractivity contribution in [3.63, 3.8) is 0 Å². The quantitative estimate of drug-likeness (QED) is 0.911. The molecule has 2 aromatic rings. The van der Waals surface area contributed by atoms with E-state index >= 15 is 0 Å². The van der Waals surface area contributed by atoms with E-state index < -0.39 is 15.8 Å². The number of nitrogens with two attached hydrogens (primary N) is 1. The monoisotopic (exact) mass is 282 g/mol. The second kappa shape index (κ2) is 4.10. The summed E-state index contributed by atoms with van der Waals surface area (Å²) in [5.41, 5.74) is 0.481. The van der Waals surface area contributed by atoms with Crippen LogP contribution in [0.15, 0.2) is 29.4 Å². The highest BCUT2D eigenvalue weighted by molar-refractivity contribution is 7.89. The van der Waals surface area contributed by atoms with Crippen LogP contribution in [0.1, 0.15) is 18.9 Å². The predicted molar refractivity (Wildman–Crippen MR) is 65.1 cm³/mol. The Morgan fingerprint density at radius 2 is 2.05 bits per heavy atom. The highest BCUT2D eigenvalue weighted by Gasteiger charge is 2.33. The summed E-state index contributed by atoms with van der Waals surface area (Å²) in [7, 11) is -3.94. The molecule has 8 heteroatoms. The van der Waals surface area contributed by atoms with Crippen molar-refractivity contribution in [2.75, 3.05) is 0 Å². The van der Waals surface area contributed by atoms with Gasteiger partial charge in [-0.15, -0.1) is 10.2 Å². The SMILES string of the molecule is NS(=O)(=O)c1nnc(-c2cccc(F)c2)n1C1CC1. The third-order valence-corrected chi connectivity index (χ3v) is 3.70. The van der Waals surface area contributed by atoms with E-state index in [9.17, 15) is 12.8 Å². The topological polar surface area (TPSA) is 90.9 Å². The Labute approximate surface area is 109 Å². The van der Waals surface area contributed by atoms with Crippen LogP contribution in [0.25, 0.3) is 11.4 Å². The van der Waals surface area contributed by atoms with Gasteiger partial charge in [0.2, 0.25) is 0 Å². The summed E-state index contributed by atoms with van der Waals surface area (Å²) in [5, 5.41) is 12.3. The van der Waals surface area contributed by atoms with Gasteiger partial charge < -0.3 is 0 Å². The molecule has 1 heterocycles. The van der Waals surface area contributed by atoms with E-state index in [1.807, 2.05) is 0 Å². The standard InChI is InChI=1S/C11H11FN4O2S/c12-8-3-1-2-7(6-8)10-14-15-11(19(13,17)18)16(10)9-4-5-9/h1-3,6,9H,4-5H2,(H2,13,17,18). The molecule has 0 saturated heterocycles. The number of rotatable bonds is 3. The first kappa shape index (κ1) is 12.2. The lowest BCUT2D eigenvalue weighted by Crippen LogP contribution is -2.18. The van der Waals surface area contributed by atoms with Crippen LogP contribution in [0.4, 0.5) is 4.39 Å². The zero-order valence-electron chi connectivity index (χ0n) is 9.82. The Morgan fingerprint density at radius 3 is 2.63 bits per heavy atom. The van der Waals surface area contributed by atoms with Crippen molar-refractivity contribution < 1.29 is 12.8 Å². The van der Waals surface area contributed by atoms with Gasteiger partial charge in [-0.2, -0.15) is 0 Å². The van der Waals surface area contributed by atoms with E-state index in [-0.39, 0.29) is 11.2 Å². The van der Waals surface area contributed by atoms with Crippen molar-refractivity contribution in [3.05, 3.63) is 30.1 Å². The van der Waals surface area contributed by atoms with Crippen LogP contribution in [0, 0.1) is 5.82 Å². The summed E-state index contributed by atoms with van der Waals surface area (Å²) in [6, 6.07) is 5.80. The van der Waals surface area contributed by atoms with Gasteiger partial charge in [0.25, 0.3) is 15.2 Å². The average Bonchev–Trinajstić information content (AvgIpc) is 3.06. The highest BCUT2D eigenvalue weighted by Crippen LogP contribution is 2.39. The number of nitrogens with zero attached hydrogens (tertiary/aromatic N) is 3. The third-order valence-electron chi connectivity index (χ3n) is 2.91. The molecule has 2 N–H and O–H groups in total. The number of hydrogen-bond donors (Lipinski definition) is 1. The molecule has 0 amide bonds. The van der Waals surface area contributed by atoms with Gasteiger partial charge in [0.15, 0.2) is 5.82 Å². The lowest BCUT2D eigenvalue weighted by molar-refractivity contribution is 0.567. The lowest BCUT2D eigenvalue weighted by atomic mass is 10.2. The number of aromatic nitrogens is 3. The molecule has 3 rings (SSSR count). The molecule has 100 valence electrons. The van der Waals surface area contributed by atoms with Gasteiger partial charge in [0.05, 0.1) is 0 Å². The average molecular weight is 282 g/mol. The zero-order valence-corrected chi connectivity index (χ0v) is 10.6. The molecule has 6 nitrogen and oxygen atoms in total. The van der Waals surface area contributed by atoms with Gasteiger partial charge >= 0.3 is 0 Å². The van der Waals surface area contributed by atoms with Crippen LogP contribution in [0.2, 0.25) is 0 Å². The number of primary sulfonamides is 1. The molecule has 1 aliphatic rings. The van der Waals surface area contributed by atoms with Gasteiger partial charge in [0, 0.05) is 11.6 Å². The second-order valence-corrected chi connectivity index (χ2v) is 5.92. The maximum atomic E-state index is 13.2. The molecular formula is C11H11FN4O2S. The fourth-order valence-electron chi connectivity index (χ4n) is 1.96. The van der Waals surface area contributed by atoms with Crippen LogP contribution in [0.5, 0.6) is 0 Å². The molecule has 1 aromatic carbocycles. The van der Waals surface area contributed by atoms with E-state index in [1.165, 1.54) is 22.8 Å². The number of hydrogen-bond acceptors (Lipinski definition) is 4. The lowest BCUT2D eigenvalue weighted by Gasteiger charge is -2.07. The van der Waals surface area contributed by atoms with Crippen LogP contribution < -0.4 is 5.14 Å². The molecule has 0 unspecified atom stereocenters. The molecule has 0 atom stereocenters. The molecule has 0 radical (unpaired) electrons. The molecule has 0 aliphatic heterocycles.